The van der Waals surface area contributed by atoms with E-state index >= 15 is 0 Å². The molecule has 0 unspecified atom stereocenters. The summed E-state index contributed by atoms with van der Waals surface area (Å²) < 4.78 is 2.05. The Morgan fingerprint density at radius 3 is 2.46 bits per heavy atom. The lowest BCUT2D eigenvalue weighted by Crippen LogP contribution is -2.50. The normalized spacial score (nSPS) is 17.4. The third kappa shape index (κ3) is 3.47. The summed E-state index contributed by atoms with van der Waals surface area (Å²) in [5, 5.41) is 0. The van der Waals surface area contributed by atoms with Crippen LogP contribution in [0, 0.1) is 0 Å². The number of piperazine rings is 1. The van der Waals surface area contributed by atoms with Crippen molar-refractivity contribution in [3.05, 3.63) is 72.2 Å². The Labute approximate surface area is 152 Å². The van der Waals surface area contributed by atoms with E-state index in [1.54, 1.807) is 0 Å². The van der Waals surface area contributed by atoms with Crippen LogP contribution >= 0.6 is 0 Å². The van der Waals surface area contributed by atoms with E-state index in [-0.39, 0.29) is 11.9 Å². The molecule has 1 aliphatic rings. The Hall–Kier alpha value is -2.70. The van der Waals surface area contributed by atoms with Crippen LogP contribution in [0.5, 0.6) is 0 Å². The van der Waals surface area contributed by atoms with Crippen LogP contribution in [0.3, 0.4) is 0 Å². The van der Waals surface area contributed by atoms with Gasteiger partial charge in [-0.1, -0.05) is 36.4 Å². The van der Waals surface area contributed by atoms with Crippen LogP contribution in [0.2, 0.25) is 0 Å². The average Bonchev–Trinajstić information content (AvgIpc) is 3.06. The van der Waals surface area contributed by atoms with E-state index in [4.69, 9.17) is 5.73 Å². The van der Waals surface area contributed by atoms with E-state index < -0.39 is 0 Å². The largest absolute Gasteiger partial charge is 0.368 e. The van der Waals surface area contributed by atoms with Crippen molar-refractivity contribution in [1.82, 2.24) is 19.2 Å². The number of amides is 1. The second kappa shape index (κ2) is 7.27. The number of hydrogen-bond acceptors (Lipinski definition) is 4. The van der Waals surface area contributed by atoms with Crippen molar-refractivity contribution in [1.29, 1.82) is 0 Å². The van der Waals surface area contributed by atoms with Crippen molar-refractivity contribution in [2.75, 3.05) is 26.2 Å². The molecule has 1 fully saturated rings. The molecule has 2 N–H and O–H groups in total. The fourth-order valence-electron chi connectivity index (χ4n) is 3.66. The summed E-state index contributed by atoms with van der Waals surface area (Å²) in [6, 6.07) is 15.5. The smallest absolute Gasteiger partial charge is 0.239 e. The molecule has 0 bridgehead atoms. The minimum Gasteiger partial charge on any atom is -0.368 e. The van der Waals surface area contributed by atoms with Crippen LogP contribution in [0.25, 0.3) is 5.65 Å². The first-order valence-corrected chi connectivity index (χ1v) is 8.94. The minimum absolute atomic E-state index is 0.287. The van der Waals surface area contributed by atoms with Gasteiger partial charge in [-0.05, 0) is 17.7 Å². The predicted octanol–water partition coefficient (Wildman–Crippen LogP) is 1.68. The molecule has 6 nitrogen and oxygen atoms in total. The highest BCUT2D eigenvalue weighted by Gasteiger charge is 2.29. The molecule has 1 atom stereocenters. The van der Waals surface area contributed by atoms with Gasteiger partial charge >= 0.3 is 0 Å². The summed E-state index contributed by atoms with van der Waals surface area (Å²) in [4.78, 5) is 21.3. The molecule has 1 aliphatic heterocycles. The maximum atomic E-state index is 12.0. The van der Waals surface area contributed by atoms with Crippen LogP contribution in [-0.4, -0.2) is 51.3 Å². The van der Waals surface area contributed by atoms with Gasteiger partial charge in [0.25, 0.3) is 0 Å². The van der Waals surface area contributed by atoms with Gasteiger partial charge in [-0.3, -0.25) is 14.6 Å². The number of carbonyl (C=O) groups is 1. The molecule has 1 aromatic carbocycles. The molecule has 6 heteroatoms. The van der Waals surface area contributed by atoms with Gasteiger partial charge in [-0.2, -0.15) is 0 Å². The molecule has 0 aliphatic carbocycles. The van der Waals surface area contributed by atoms with Crippen LogP contribution in [0.4, 0.5) is 0 Å². The zero-order valence-corrected chi connectivity index (χ0v) is 14.7. The van der Waals surface area contributed by atoms with Gasteiger partial charge in [0.05, 0.1) is 5.69 Å². The second-order valence-corrected chi connectivity index (χ2v) is 6.73. The lowest BCUT2D eigenvalue weighted by Gasteiger charge is -2.38. The van der Waals surface area contributed by atoms with Gasteiger partial charge in [0.15, 0.2) is 0 Å². The molecule has 0 spiro atoms. The van der Waals surface area contributed by atoms with Crippen molar-refractivity contribution in [2.45, 2.75) is 12.6 Å². The number of pyridine rings is 1. The predicted molar refractivity (Wildman–Crippen MR) is 100 cm³/mol. The first-order chi connectivity index (χ1) is 12.7. The molecule has 0 saturated carbocycles. The van der Waals surface area contributed by atoms with Crippen LogP contribution in [0.15, 0.2) is 60.9 Å². The topological polar surface area (TPSA) is 66.9 Å². The average molecular weight is 349 g/mol. The first-order valence-electron chi connectivity index (χ1n) is 8.94. The fourth-order valence-corrected chi connectivity index (χ4v) is 3.66. The van der Waals surface area contributed by atoms with Crippen molar-refractivity contribution in [2.24, 2.45) is 5.73 Å². The second-order valence-electron chi connectivity index (χ2n) is 6.73. The number of carbonyl (C=O) groups excluding carboxylic acids is 1. The lowest BCUT2D eigenvalue weighted by atomic mass is 10.0. The summed E-state index contributed by atoms with van der Waals surface area (Å²) >= 11 is 0. The van der Waals surface area contributed by atoms with Crippen molar-refractivity contribution < 1.29 is 4.79 Å². The van der Waals surface area contributed by atoms with E-state index in [2.05, 4.69) is 21.0 Å². The van der Waals surface area contributed by atoms with Gasteiger partial charge in [-0.15, -0.1) is 0 Å². The SMILES string of the molecule is NC(=O)[C@H](c1ccccc1)N1CCN(Cc2cn3ccccc3n2)CC1. The van der Waals surface area contributed by atoms with Crippen LogP contribution in [-0.2, 0) is 11.3 Å². The molecule has 3 aromatic rings. The summed E-state index contributed by atoms with van der Waals surface area (Å²) in [5.74, 6) is -0.287. The monoisotopic (exact) mass is 349 g/mol. The summed E-state index contributed by atoms with van der Waals surface area (Å²) in [5.41, 5.74) is 8.70. The molecule has 134 valence electrons. The molecular formula is C20H23N5O. The van der Waals surface area contributed by atoms with E-state index in [0.717, 1.165) is 49.6 Å². The van der Waals surface area contributed by atoms with Gasteiger partial charge in [-0.25, -0.2) is 4.98 Å². The van der Waals surface area contributed by atoms with Crippen LogP contribution in [0.1, 0.15) is 17.3 Å². The maximum Gasteiger partial charge on any atom is 0.239 e. The molecule has 1 amide bonds. The molecule has 3 heterocycles. The van der Waals surface area contributed by atoms with Gasteiger partial charge in [0, 0.05) is 45.1 Å². The number of imidazole rings is 1. The van der Waals surface area contributed by atoms with Crippen LogP contribution < -0.4 is 5.73 Å². The van der Waals surface area contributed by atoms with E-state index in [1.165, 1.54) is 0 Å². The third-order valence-corrected chi connectivity index (χ3v) is 4.96. The highest BCUT2D eigenvalue weighted by Crippen LogP contribution is 2.22. The number of nitrogens with two attached hydrogens (primary N) is 1. The number of fused-ring (bicyclic) bond motifs is 1. The standard InChI is InChI=1S/C20H23N5O/c21-20(26)19(16-6-2-1-3-7-16)24-12-10-23(11-13-24)14-17-15-25-9-5-4-8-18(25)22-17/h1-9,15,19H,10-14H2,(H2,21,26)/t19-/m0/s1. The molecule has 26 heavy (non-hydrogen) atoms. The number of nitrogens with zero attached hydrogens (tertiary/aromatic N) is 4. The maximum absolute atomic E-state index is 12.0. The Morgan fingerprint density at radius 2 is 1.77 bits per heavy atom. The van der Waals surface area contributed by atoms with Crippen molar-refractivity contribution in [3.63, 3.8) is 0 Å². The number of primary amides is 1. The molecule has 4 rings (SSSR count). The molecule has 0 radical (unpaired) electrons. The third-order valence-electron chi connectivity index (χ3n) is 4.96. The van der Waals surface area contributed by atoms with Crippen molar-refractivity contribution in [3.8, 4) is 0 Å². The number of rotatable bonds is 5. The molecular weight excluding hydrogens is 326 g/mol. The Balaban J connectivity index is 1.40. The number of hydrogen-bond donors (Lipinski definition) is 1. The lowest BCUT2D eigenvalue weighted by molar-refractivity contribution is -0.124. The highest BCUT2D eigenvalue weighted by molar-refractivity contribution is 5.81. The molecule has 2 aromatic heterocycles. The first kappa shape index (κ1) is 16.8. The van der Waals surface area contributed by atoms with E-state index in [9.17, 15) is 4.79 Å². The van der Waals surface area contributed by atoms with E-state index in [0.29, 0.717) is 0 Å². The van der Waals surface area contributed by atoms with Gasteiger partial charge in [0.1, 0.15) is 11.7 Å². The number of aromatic nitrogens is 2. The Bertz CT molecular complexity index is 850. The Morgan fingerprint density at radius 1 is 1.04 bits per heavy atom. The van der Waals surface area contributed by atoms with Gasteiger partial charge in [0.2, 0.25) is 5.91 Å². The van der Waals surface area contributed by atoms with E-state index in [1.807, 2.05) is 59.1 Å². The quantitative estimate of drug-likeness (QED) is 0.761. The summed E-state index contributed by atoms with van der Waals surface area (Å²) in [6.45, 7) is 4.24. The Kier molecular flexibility index (Phi) is 4.69. The highest BCUT2D eigenvalue weighted by atomic mass is 16.1. The number of benzene rings is 1. The summed E-state index contributed by atoms with van der Waals surface area (Å²) in [6.07, 6.45) is 4.10. The fraction of sp³-hybridized carbons (Fsp3) is 0.300. The zero-order valence-electron chi connectivity index (χ0n) is 14.7. The summed E-state index contributed by atoms with van der Waals surface area (Å²) in [7, 11) is 0. The van der Waals surface area contributed by atoms with Gasteiger partial charge < -0.3 is 10.1 Å². The molecule has 1 saturated heterocycles. The zero-order chi connectivity index (χ0) is 17.9. The van der Waals surface area contributed by atoms with Crippen molar-refractivity contribution >= 4 is 11.6 Å². The minimum atomic E-state index is -0.353.